The van der Waals surface area contributed by atoms with Gasteiger partial charge in [-0.1, -0.05) is 12.1 Å². The minimum absolute atomic E-state index is 0.01000. The normalized spacial score (nSPS) is 13.7. The zero-order chi connectivity index (χ0) is 15.4. The van der Waals surface area contributed by atoms with E-state index in [-0.39, 0.29) is 23.6 Å². The summed E-state index contributed by atoms with van der Waals surface area (Å²) >= 11 is 0. The highest BCUT2D eigenvalue weighted by atomic mass is 16.5. The quantitative estimate of drug-likeness (QED) is 0.787. The first-order valence-electron chi connectivity index (χ1n) is 6.92. The minimum atomic E-state index is -0.01000. The first-order valence-corrected chi connectivity index (χ1v) is 6.92. The van der Waals surface area contributed by atoms with Gasteiger partial charge in [0.15, 0.2) is 0 Å². The SMILES string of the molecule is COc1cccc([C@@H](C)NC(C)c2cc(O)cc(O)c2)c1. The summed E-state index contributed by atoms with van der Waals surface area (Å²) in [6, 6.07) is 12.6. The molecule has 0 radical (unpaired) electrons. The Labute approximate surface area is 125 Å². The Kier molecular flexibility index (Phi) is 4.70. The van der Waals surface area contributed by atoms with E-state index in [0.29, 0.717) is 0 Å². The molecular formula is C17H21NO3. The van der Waals surface area contributed by atoms with Crippen LogP contribution >= 0.6 is 0 Å². The lowest BCUT2D eigenvalue weighted by molar-refractivity contribution is 0.412. The lowest BCUT2D eigenvalue weighted by atomic mass is 10.0. The van der Waals surface area contributed by atoms with Crippen LogP contribution in [0.4, 0.5) is 0 Å². The molecule has 0 saturated heterocycles. The summed E-state index contributed by atoms with van der Waals surface area (Å²) in [5.41, 5.74) is 1.95. The molecule has 2 aromatic carbocycles. The van der Waals surface area contributed by atoms with Crippen molar-refractivity contribution >= 4 is 0 Å². The number of hydrogen-bond acceptors (Lipinski definition) is 4. The van der Waals surface area contributed by atoms with Crippen molar-refractivity contribution in [3.05, 3.63) is 53.6 Å². The highest BCUT2D eigenvalue weighted by Gasteiger charge is 2.13. The van der Waals surface area contributed by atoms with Gasteiger partial charge < -0.3 is 20.3 Å². The number of benzene rings is 2. The molecule has 0 bridgehead atoms. The maximum atomic E-state index is 9.56. The van der Waals surface area contributed by atoms with E-state index in [9.17, 15) is 10.2 Å². The molecule has 0 saturated carbocycles. The van der Waals surface area contributed by atoms with Gasteiger partial charge in [0.1, 0.15) is 17.2 Å². The predicted octanol–water partition coefficient (Wildman–Crippen LogP) is 3.52. The summed E-state index contributed by atoms with van der Waals surface area (Å²) in [6.45, 7) is 4.05. The Morgan fingerprint density at radius 1 is 0.905 bits per heavy atom. The van der Waals surface area contributed by atoms with Crippen molar-refractivity contribution in [3.8, 4) is 17.2 Å². The molecule has 3 N–H and O–H groups in total. The van der Waals surface area contributed by atoms with E-state index < -0.39 is 0 Å². The highest BCUT2D eigenvalue weighted by molar-refractivity contribution is 5.38. The lowest BCUT2D eigenvalue weighted by Gasteiger charge is -2.21. The molecule has 2 atom stereocenters. The molecule has 0 aromatic heterocycles. The van der Waals surface area contributed by atoms with Crippen LogP contribution in [0.1, 0.15) is 37.1 Å². The molecule has 2 aromatic rings. The molecule has 0 aliphatic rings. The Morgan fingerprint density at radius 2 is 1.52 bits per heavy atom. The maximum absolute atomic E-state index is 9.56. The van der Waals surface area contributed by atoms with Gasteiger partial charge in [0.2, 0.25) is 0 Å². The van der Waals surface area contributed by atoms with Crippen LogP contribution in [0.2, 0.25) is 0 Å². The van der Waals surface area contributed by atoms with Gasteiger partial charge >= 0.3 is 0 Å². The van der Waals surface area contributed by atoms with E-state index in [2.05, 4.69) is 12.2 Å². The summed E-state index contributed by atoms with van der Waals surface area (Å²) in [7, 11) is 1.65. The summed E-state index contributed by atoms with van der Waals surface area (Å²) < 4.78 is 5.23. The Balaban J connectivity index is 2.12. The van der Waals surface area contributed by atoms with Crippen molar-refractivity contribution in [2.45, 2.75) is 25.9 Å². The van der Waals surface area contributed by atoms with Crippen molar-refractivity contribution in [2.75, 3.05) is 7.11 Å². The van der Waals surface area contributed by atoms with Crippen molar-refractivity contribution in [1.82, 2.24) is 5.32 Å². The van der Waals surface area contributed by atoms with Crippen LogP contribution < -0.4 is 10.1 Å². The molecule has 4 heteroatoms. The van der Waals surface area contributed by atoms with Gasteiger partial charge in [-0.25, -0.2) is 0 Å². The molecule has 0 aliphatic carbocycles. The molecule has 0 aliphatic heterocycles. The second kappa shape index (κ2) is 6.50. The molecule has 0 heterocycles. The number of nitrogens with one attached hydrogen (secondary N) is 1. The zero-order valence-corrected chi connectivity index (χ0v) is 12.5. The number of hydrogen-bond donors (Lipinski definition) is 3. The second-order valence-corrected chi connectivity index (χ2v) is 5.17. The molecule has 0 spiro atoms. The van der Waals surface area contributed by atoms with Gasteiger partial charge in [-0.2, -0.15) is 0 Å². The number of phenolic OH excluding ortho intramolecular Hbond substituents is 2. The summed E-state index contributed by atoms with van der Waals surface area (Å²) in [4.78, 5) is 0. The van der Waals surface area contributed by atoms with Crippen LogP contribution in [0.25, 0.3) is 0 Å². The molecule has 21 heavy (non-hydrogen) atoms. The lowest BCUT2D eigenvalue weighted by Crippen LogP contribution is -2.22. The van der Waals surface area contributed by atoms with E-state index >= 15 is 0 Å². The van der Waals surface area contributed by atoms with E-state index in [0.717, 1.165) is 16.9 Å². The number of aromatic hydroxyl groups is 2. The third-order valence-electron chi connectivity index (χ3n) is 3.52. The topological polar surface area (TPSA) is 61.7 Å². The third kappa shape index (κ3) is 3.89. The third-order valence-corrected chi connectivity index (χ3v) is 3.52. The summed E-state index contributed by atoms with van der Waals surface area (Å²) in [5.74, 6) is 0.948. The van der Waals surface area contributed by atoms with E-state index in [1.54, 1.807) is 19.2 Å². The number of rotatable bonds is 5. The minimum Gasteiger partial charge on any atom is -0.508 e. The zero-order valence-electron chi connectivity index (χ0n) is 12.5. The molecule has 2 rings (SSSR count). The van der Waals surface area contributed by atoms with Crippen LogP contribution in [-0.2, 0) is 0 Å². The fraction of sp³-hybridized carbons (Fsp3) is 0.294. The van der Waals surface area contributed by atoms with Gasteiger partial charge in [0.25, 0.3) is 0 Å². The average Bonchev–Trinajstić information content (AvgIpc) is 2.46. The Morgan fingerprint density at radius 3 is 2.14 bits per heavy atom. The number of methoxy groups -OCH3 is 1. The van der Waals surface area contributed by atoms with Crippen LogP contribution in [0.5, 0.6) is 17.2 Å². The van der Waals surface area contributed by atoms with Crippen molar-refractivity contribution in [3.63, 3.8) is 0 Å². The standard InChI is InChI=1S/C17H21NO3/c1-11(13-5-4-6-17(9-13)21-3)18-12(2)14-7-15(19)10-16(20)8-14/h4-12,18-20H,1-3H3/t11-,12?/m1/s1. The average molecular weight is 287 g/mol. The van der Waals surface area contributed by atoms with E-state index in [1.807, 2.05) is 31.2 Å². The molecule has 1 unspecified atom stereocenters. The van der Waals surface area contributed by atoms with Gasteiger partial charge in [0, 0.05) is 18.2 Å². The van der Waals surface area contributed by atoms with Crippen molar-refractivity contribution in [1.29, 1.82) is 0 Å². The van der Waals surface area contributed by atoms with Crippen LogP contribution in [0, 0.1) is 0 Å². The highest BCUT2D eigenvalue weighted by Crippen LogP contribution is 2.27. The largest absolute Gasteiger partial charge is 0.508 e. The fourth-order valence-corrected chi connectivity index (χ4v) is 2.35. The molecular weight excluding hydrogens is 266 g/mol. The van der Waals surface area contributed by atoms with Crippen molar-refractivity contribution in [2.24, 2.45) is 0 Å². The van der Waals surface area contributed by atoms with Crippen molar-refractivity contribution < 1.29 is 14.9 Å². The molecule has 4 nitrogen and oxygen atoms in total. The van der Waals surface area contributed by atoms with Crippen LogP contribution in [0.15, 0.2) is 42.5 Å². The molecule has 0 amide bonds. The van der Waals surface area contributed by atoms with E-state index in [1.165, 1.54) is 6.07 Å². The van der Waals surface area contributed by atoms with Crippen LogP contribution in [-0.4, -0.2) is 17.3 Å². The number of phenols is 2. The number of ether oxygens (including phenoxy) is 1. The van der Waals surface area contributed by atoms with E-state index in [4.69, 9.17) is 4.74 Å². The van der Waals surface area contributed by atoms with Crippen LogP contribution in [0.3, 0.4) is 0 Å². The smallest absolute Gasteiger partial charge is 0.119 e. The monoisotopic (exact) mass is 287 g/mol. The Bertz CT molecular complexity index is 592. The van der Waals surface area contributed by atoms with Gasteiger partial charge in [-0.3, -0.25) is 0 Å². The Hall–Kier alpha value is -2.20. The summed E-state index contributed by atoms with van der Waals surface area (Å²) in [6.07, 6.45) is 0. The maximum Gasteiger partial charge on any atom is 0.119 e. The summed E-state index contributed by atoms with van der Waals surface area (Å²) in [5, 5.41) is 22.6. The molecule has 0 fully saturated rings. The fourth-order valence-electron chi connectivity index (χ4n) is 2.35. The van der Waals surface area contributed by atoms with Gasteiger partial charge in [0.05, 0.1) is 7.11 Å². The first-order chi connectivity index (χ1) is 9.99. The first kappa shape index (κ1) is 15.2. The second-order valence-electron chi connectivity index (χ2n) is 5.17. The van der Waals surface area contributed by atoms with Gasteiger partial charge in [-0.15, -0.1) is 0 Å². The molecule has 112 valence electrons. The van der Waals surface area contributed by atoms with Gasteiger partial charge in [-0.05, 0) is 49.2 Å². The predicted molar refractivity (Wildman–Crippen MR) is 82.7 cm³/mol.